The third kappa shape index (κ3) is 2.97. The van der Waals surface area contributed by atoms with Crippen LogP contribution in [-0.2, 0) is 6.42 Å². The molecular formula is C23H33NOSi2. The van der Waals surface area contributed by atoms with Gasteiger partial charge in [0.1, 0.15) is 13.8 Å². The summed E-state index contributed by atoms with van der Waals surface area (Å²) in [5.74, 6) is 1.15. The fourth-order valence-electron chi connectivity index (χ4n) is 4.63. The van der Waals surface area contributed by atoms with E-state index in [1.54, 1.807) is 15.9 Å². The molecule has 2 nitrogen and oxygen atoms in total. The van der Waals surface area contributed by atoms with Crippen molar-refractivity contribution in [3.8, 4) is 16.9 Å². The highest BCUT2D eigenvalue weighted by atomic mass is 28.4. The average molecular weight is 396 g/mol. The molecule has 1 atom stereocenters. The van der Waals surface area contributed by atoms with E-state index in [1.165, 1.54) is 28.4 Å². The largest absolute Gasteiger partial charge is 0.543 e. The minimum absolute atomic E-state index is 0.0172. The van der Waals surface area contributed by atoms with E-state index in [9.17, 15) is 0 Å². The van der Waals surface area contributed by atoms with E-state index < -0.39 is 16.4 Å². The summed E-state index contributed by atoms with van der Waals surface area (Å²) >= 11 is 0. The molecule has 2 aromatic carbocycles. The predicted octanol–water partition coefficient (Wildman–Crippen LogP) is 5.21. The van der Waals surface area contributed by atoms with Crippen LogP contribution in [0, 0.1) is 0 Å². The van der Waals surface area contributed by atoms with Crippen LogP contribution in [-0.4, -0.2) is 21.9 Å². The highest BCUT2D eigenvalue weighted by Crippen LogP contribution is 2.50. The van der Waals surface area contributed by atoms with Crippen LogP contribution >= 0.6 is 0 Å². The normalized spacial score (nSPS) is 20.0. The lowest BCUT2D eigenvalue weighted by Gasteiger charge is -2.29. The number of nitrogens with one attached hydrogen (secondary N) is 1. The Kier molecular flexibility index (Phi) is 4.00. The quantitative estimate of drug-likeness (QED) is 0.612. The lowest BCUT2D eigenvalue weighted by Crippen LogP contribution is -2.34. The Bertz CT molecular complexity index is 937. The monoisotopic (exact) mass is 395 g/mol. The molecule has 0 saturated carbocycles. The molecular weight excluding hydrogens is 362 g/mol. The zero-order chi connectivity index (χ0) is 19.8. The molecule has 0 spiro atoms. The van der Waals surface area contributed by atoms with Gasteiger partial charge in [0.15, 0.2) is 0 Å². The van der Waals surface area contributed by atoms with Gasteiger partial charge in [0.2, 0.25) is 8.32 Å². The van der Waals surface area contributed by atoms with E-state index in [0.717, 1.165) is 12.2 Å². The number of fused-ring (bicyclic) bond motifs is 5. The highest BCUT2D eigenvalue weighted by Gasteiger charge is 2.54. The summed E-state index contributed by atoms with van der Waals surface area (Å²) < 4.78 is 6.83. The predicted molar refractivity (Wildman–Crippen MR) is 123 cm³/mol. The second-order valence-electron chi connectivity index (χ2n) is 10.4. The summed E-state index contributed by atoms with van der Waals surface area (Å²) in [6.45, 7) is 18.6. The number of hydrogen-bond acceptors (Lipinski definition) is 2. The molecule has 1 aliphatic heterocycles. The van der Waals surface area contributed by atoms with Crippen LogP contribution in [0.1, 0.15) is 38.8 Å². The Morgan fingerprint density at radius 2 is 1.78 bits per heavy atom. The first-order valence-corrected chi connectivity index (χ1v) is 16.4. The van der Waals surface area contributed by atoms with Gasteiger partial charge in [0.05, 0.1) is 5.69 Å². The summed E-state index contributed by atoms with van der Waals surface area (Å²) in [5, 5.41) is 7.23. The van der Waals surface area contributed by atoms with Crippen LogP contribution in [0.5, 0.6) is 5.75 Å². The number of hydrogen-bond donors (Lipinski definition) is 1. The zero-order valence-electron chi connectivity index (χ0n) is 18.1. The van der Waals surface area contributed by atoms with Crippen molar-refractivity contribution in [2.45, 2.75) is 71.9 Å². The summed E-state index contributed by atoms with van der Waals surface area (Å²) in [6.07, 6.45) is 1.08. The maximum atomic E-state index is 6.83. The topological polar surface area (TPSA) is 21.3 Å². The Morgan fingerprint density at radius 1 is 1.11 bits per heavy atom. The fourth-order valence-corrected chi connectivity index (χ4v) is 9.50. The smallest absolute Gasteiger partial charge is 0.242 e. The first-order valence-electron chi connectivity index (χ1n) is 10.3. The number of rotatable bonds is 4. The third-order valence-electron chi connectivity index (χ3n) is 5.87. The first kappa shape index (κ1) is 18.8. The van der Waals surface area contributed by atoms with Crippen molar-refractivity contribution in [2.75, 3.05) is 5.32 Å². The minimum Gasteiger partial charge on any atom is -0.543 e. The molecule has 1 N–H and O–H groups in total. The lowest BCUT2D eigenvalue weighted by molar-refractivity contribution is 0.555. The van der Waals surface area contributed by atoms with Crippen LogP contribution in [0.15, 0.2) is 24.3 Å². The second kappa shape index (κ2) is 5.74. The molecule has 0 saturated heterocycles. The molecule has 144 valence electrons. The van der Waals surface area contributed by atoms with Crippen LogP contribution in [0.3, 0.4) is 0 Å². The maximum absolute atomic E-state index is 6.83. The van der Waals surface area contributed by atoms with Gasteiger partial charge in [0.25, 0.3) is 0 Å². The Labute approximate surface area is 166 Å². The van der Waals surface area contributed by atoms with E-state index in [0.29, 0.717) is 0 Å². The van der Waals surface area contributed by atoms with Gasteiger partial charge in [-0.2, -0.15) is 0 Å². The molecule has 0 fully saturated rings. The van der Waals surface area contributed by atoms with E-state index in [4.69, 9.17) is 4.43 Å². The van der Waals surface area contributed by atoms with Gasteiger partial charge in [-0.1, -0.05) is 43.8 Å². The van der Waals surface area contributed by atoms with Crippen molar-refractivity contribution in [2.24, 2.45) is 0 Å². The number of benzene rings is 2. The maximum Gasteiger partial charge on any atom is 0.242 e. The standard InChI is InChI=1S/C23H33NOSi2/c1-9-27(8)21-17-14-15-12-10-11-13-16(15)18(17)20(25-26(5,6)7)19(22(21)27)24-23(2,3)4/h10-13,24H,9,14H2,1-8H3. The third-order valence-corrected chi connectivity index (χ3v) is 11.1. The van der Waals surface area contributed by atoms with Crippen molar-refractivity contribution < 1.29 is 4.43 Å². The molecule has 0 aromatic heterocycles. The molecule has 4 rings (SSSR count). The molecule has 1 aliphatic carbocycles. The molecule has 27 heavy (non-hydrogen) atoms. The fraction of sp³-hybridized carbons (Fsp3) is 0.478. The molecule has 0 bridgehead atoms. The molecule has 2 aliphatic rings. The van der Waals surface area contributed by atoms with Gasteiger partial charge in [-0.15, -0.1) is 0 Å². The summed E-state index contributed by atoms with van der Waals surface area (Å²) in [7, 11) is -3.24. The molecule has 1 heterocycles. The molecule has 1 unspecified atom stereocenters. The Balaban J connectivity index is 2.03. The zero-order valence-corrected chi connectivity index (χ0v) is 20.1. The lowest BCUT2D eigenvalue weighted by atomic mass is 10.0. The van der Waals surface area contributed by atoms with Crippen LogP contribution in [0.25, 0.3) is 11.1 Å². The van der Waals surface area contributed by atoms with Gasteiger partial charge < -0.3 is 9.74 Å². The molecule has 0 radical (unpaired) electrons. The van der Waals surface area contributed by atoms with Gasteiger partial charge in [-0.05, 0) is 73.9 Å². The average Bonchev–Trinajstić information content (AvgIpc) is 2.98. The van der Waals surface area contributed by atoms with Crippen LogP contribution in [0.2, 0.25) is 32.2 Å². The summed E-state index contributed by atoms with van der Waals surface area (Å²) in [4.78, 5) is 0. The highest BCUT2D eigenvalue weighted by molar-refractivity contribution is 7.18. The van der Waals surface area contributed by atoms with E-state index in [2.05, 4.69) is 83.5 Å². The van der Waals surface area contributed by atoms with Gasteiger partial charge in [-0.3, -0.25) is 0 Å². The van der Waals surface area contributed by atoms with Gasteiger partial charge in [-0.25, -0.2) is 0 Å². The van der Waals surface area contributed by atoms with Crippen molar-refractivity contribution >= 4 is 32.5 Å². The summed E-state index contributed by atoms with van der Waals surface area (Å²) in [5.41, 5.74) is 7.15. The van der Waals surface area contributed by atoms with Crippen molar-refractivity contribution in [3.05, 3.63) is 35.4 Å². The SMILES string of the molecule is CC[Si]1(C)c2c3c(c(O[Si](C)(C)C)c(NC(C)(C)C)c21)-c1ccccc1C3. The summed E-state index contributed by atoms with van der Waals surface area (Å²) in [6, 6.07) is 10.2. The van der Waals surface area contributed by atoms with Crippen molar-refractivity contribution in [1.82, 2.24) is 0 Å². The van der Waals surface area contributed by atoms with Gasteiger partial charge in [0, 0.05) is 11.1 Å². The molecule has 2 aromatic rings. The molecule has 4 heteroatoms. The second-order valence-corrected chi connectivity index (χ2v) is 19.2. The van der Waals surface area contributed by atoms with E-state index in [1.807, 2.05) is 0 Å². The van der Waals surface area contributed by atoms with E-state index >= 15 is 0 Å². The Hall–Kier alpha value is -1.53. The van der Waals surface area contributed by atoms with Crippen LogP contribution < -0.4 is 20.1 Å². The van der Waals surface area contributed by atoms with Crippen molar-refractivity contribution in [1.29, 1.82) is 0 Å². The number of anilines is 1. The van der Waals surface area contributed by atoms with E-state index in [-0.39, 0.29) is 5.54 Å². The van der Waals surface area contributed by atoms with Crippen molar-refractivity contribution in [3.63, 3.8) is 0 Å². The molecule has 0 amide bonds. The van der Waals surface area contributed by atoms with Crippen LogP contribution in [0.4, 0.5) is 5.69 Å². The minimum atomic E-state index is -1.75. The Morgan fingerprint density at radius 3 is 2.37 bits per heavy atom. The van der Waals surface area contributed by atoms with Gasteiger partial charge >= 0.3 is 0 Å². The first-order chi connectivity index (χ1) is 12.5.